The number of fused-ring (bicyclic) bond motifs is 2. The molecule has 0 radical (unpaired) electrons. The second-order valence-corrected chi connectivity index (χ2v) is 10.6. The lowest BCUT2D eigenvalue weighted by Gasteiger charge is -2.14. The normalized spacial score (nSPS) is 11.4. The number of methoxy groups -OCH3 is 1. The summed E-state index contributed by atoms with van der Waals surface area (Å²) in [5.41, 5.74) is 12.2. The molecule has 0 spiro atoms. The van der Waals surface area contributed by atoms with Crippen LogP contribution in [0.3, 0.4) is 0 Å². The molecule has 0 aliphatic heterocycles. The van der Waals surface area contributed by atoms with Crippen molar-refractivity contribution < 1.29 is 19.0 Å². The summed E-state index contributed by atoms with van der Waals surface area (Å²) in [6.07, 6.45) is 2.09. The largest absolute Gasteiger partial charge is 0.493 e. The van der Waals surface area contributed by atoms with E-state index in [9.17, 15) is 4.79 Å². The molecule has 0 atom stereocenters. The van der Waals surface area contributed by atoms with Crippen molar-refractivity contribution in [3.8, 4) is 16.9 Å². The van der Waals surface area contributed by atoms with Gasteiger partial charge in [0.25, 0.3) is 0 Å². The van der Waals surface area contributed by atoms with Crippen LogP contribution in [0.5, 0.6) is 5.75 Å². The van der Waals surface area contributed by atoms with E-state index in [0.717, 1.165) is 68.3 Å². The second kappa shape index (κ2) is 14.0. The molecule has 0 saturated heterocycles. The highest BCUT2D eigenvalue weighted by Gasteiger charge is 2.27. The summed E-state index contributed by atoms with van der Waals surface area (Å²) in [6, 6.07) is 20.5. The number of benzene rings is 3. The molecule has 5 aromatic rings. The number of ether oxygens (including phenoxy) is 3. The number of rotatable bonds is 14. The minimum atomic E-state index is -0.327. The van der Waals surface area contributed by atoms with Gasteiger partial charge in [0.15, 0.2) is 0 Å². The highest BCUT2D eigenvalue weighted by Crippen LogP contribution is 2.39. The average Bonchev–Trinajstić information content (AvgIpc) is 3.57. The Morgan fingerprint density at radius 1 is 1.05 bits per heavy atom. The zero-order valence-corrected chi connectivity index (χ0v) is 25.7. The van der Waals surface area contributed by atoms with Crippen molar-refractivity contribution >= 4 is 43.6 Å². The van der Waals surface area contributed by atoms with Gasteiger partial charge < -0.3 is 24.5 Å². The molecule has 0 aliphatic carbocycles. The Hall–Kier alpha value is -3.66. The molecular formula is C33H37BrN4O4. The molecule has 0 fully saturated rings. The smallest absolute Gasteiger partial charge is 0.355 e. The third-order valence-corrected chi connectivity index (χ3v) is 7.98. The van der Waals surface area contributed by atoms with Crippen LogP contribution in [-0.2, 0) is 34.4 Å². The molecule has 2 heterocycles. The first kappa shape index (κ1) is 29.8. The Bertz CT molecular complexity index is 1670. The van der Waals surface area contributed by atoms with Crippen molar-refractivity contribution in [1.82, 2.24) is 14.8 Å². The Labute approximate surface area is 254 Å². The van der Waals surface area contributed by atoms with Crippen LogP contribution < -0.4 is 10.5 Å². The maximum absolute atomic E-state index is 13.6. The lowest BCUT2D eigenvalue weighted by atomic mass is 9.98. The van der Waals surface area contributed by atoms with Gasteiger partial charge in [-0.25, -0.2) is 4.79 Å². The van der Waals surface area contributed by atoms with E-state index in [-0.39, 0.29) is 5.97 Å². The van der Waals surface area contributed by atoms with Gasteiger partial charge >= 0.3 is 5.97 Å². The van der Waals surface area contributed by atoms with Crippen LogP contribution in [0.15, 0.2) is 60.7 Å². The molecule has 3 N–H and O–H groups in total. The third-order valence-electron chi connectivity index (χ3n) is 7.42. The first-order chi connectivity index (χ1) is 20.6. The van der Waals surface area contributed by atoms with Crippen LogP contribution in [-0.4, -0.2) is 47.6 Å². The predicted octanol–water partition coefficient (Wildman–Crippen LogP) is 6.76. The monoisotopic (exact) mass is 632 g/mol. The molecule has 5 rings (SSSR count). The fraction of sp³-hybridized carbons (Fsp3) is 0.333. The van der Waals surface area contributed by atoms with Crippen molar-refractivity contribution in [2.45, 2.75) is 44.7 Å². The average molecular weight is 634 g/mol. The molecule has 0 bridgehead atoms. The van der Waals surface area contributed by atoms with Crippen LogP contribution >= 0.6 is 15.9 Å². The molecule has 42 heavy (non-hydrogen) atoms. The predicted molar refractivity (Wildman–Crippen MR) is 170 cm³/mol. The van der Waals surface area contributed by atoms with Gasteiger partial charge in [-0.05, 0) is 49.7 Å². The first-order valence-corrected chi connectivity index (χ1v) is 15.5. The van der Waals surface area contributed by atoms with E-state index in [1.807, 2.05) is 37.3 Å². The van der Waals surface area contributed by atoms with Crippen LogP contribution in [0, 0.1) is 0 Å². The number of nitrogens with two attached hydrogens (primary N) is 1. The number of carbonyl (C=O) groups excluding carboxylic acids is 1. The number of alkyl halides is 1. The Balaban J connectivity index is 1.57. The lowest BCUT2D eigenvalue weighted by molar-refractivity contribution is 0.0512. The molecule has 0 saturated carbocycles. The number of aromatic nitrogens is 3. The Morgan fingerprint density at radius 3 is 2.62 bits per heavy atom. The fourth-order valence-corrected chi connectivity index (χ4v) is 6.08. The van der Waals surface area contributed by atoms with Crippen molar-refractivity contribution in [2.24, 2.45) is 5.73 Å². The summed E-state index contributed by atoms with van der Waals surface area (Å²) in [4.78, 5) is 13.6. The summed E-state index contributed by atoms with van der Waals surface area (Å²) >= 11 is 3.61. The second-order valence-electron chi connectivity index (χ2n) is 10.1. The van der Waals surface area contributed by atoms with E-state index in [1.165, 1.54) is 0 Å². The number of esters is 1. The van der Waals surface area contributed by atoms with Crippen LogP contribution in [0.2, 0.25) is 0 Å². The highest BCUT2D eigenvalue weighted by atomic mass is 79.9. The molecular weight excluding hydrogens is 596 g/mol. The number of nitrogens with one attached hydrogen (secondary N) is 1. The molecule has 8 nitrogen and oxygen atoms in total. The quantitative estimate of drug-likeness (QED) is 0.0796. The SMILES string of the molecule is CCOC(=O)c1c(CCCOc2cccc3ccccc23)c2cccc(-c3c(COC)n[nH]c3CBr)c2n1CCCN. The van der Waals surface area contributed by atoms with Crippen LogP contribution in [0.1, 0.15) is 47.2 Å². The first-order valence-electron chi connectivity index (χ1n) is 14.4. The topological polar surface area (TPSA) is 104 Å². The van der Waals surface area contributed by atoms with Crippen molar-refractivity contribution in [2.75, 3.05) is 26.9 Å². The fourth-order valence-electron chi connectivity index (χ4n) is 5.67. The number of para-hydroxylation sites is 1. The van der Waals surface area contributed by atoms with Crippen molar-refractivity contribution in [3.05, 3.63) is 83.3 Å². The van der Waals surface area contributed by atoms with E-state index in [0.29, 0.717) is 50.4 Å². The highest BCUT2D eigenvalue weighted by molar-refractivity contribution is 9.08. The number of aromatic amines is 1. The molecule has 0 amide bonds. The molecule has 0 unspecified atom stereocenters. The number of carbonyl (C=O) groups is 1. The summed E-state index contributed by atoms with van der Waals surface area (Å²) in [6.45, 7) is 4.10. The van der Waals surface area contributed by atoms with Gasteiger partial charge in [-0.15, -0.1) is 0 Å². The Morgan fingerprint density at radius 2 is 1.83 bits per heavy atom. The summed E-state index contributed by atoms with van der Waals surface area (Å²) in [5, 5.41) is 11.5. The van der Waals surface area contributed by atoms with Gasteiger partial charge in [0, 0.05) is 40.9 Å². The van der Waals surface area contributed by atoms with Gasteiger partial charge in [-0.2, -0.15) is 5.10 Å². The van der Waals surface area contributed by atoms with E-state index in [4.69, 9.17) is 19.9 Å². The summed E-state index contributed by atoms with van der Waals surface area (Å²) < 4.78 is 19.4. The Kier molecular flexibility index (Phi) is 9.94. The molecule has 3 aromatic carbocycles. The summed E-state index contributed by atoms with van der Waals surface area (Å²) in [7, 11) is 1.66. The molecule has 9 heteroatoms. The zero-order chi connectivity index (χ0) is 29.5. The third kappa shape index (κ3) is 5.95. The number of halogens is 1. The molecule has 2 aromatic heterocycles. The van der Waals surface area contributed by atoms with Gasteiger partial charge in [-0.1, -0.05) is 70.5 Å². The maximum atomic E-state index is 13.6. The lowest BCUT2D eigenvalue weighted by Crippen LogP contribution is -2.16. The minimum Gasteiger partial charge on any atom is -0.493 e. The van der Waals surface area contributed by atoms with Gasteiger partial charge in [0.05, 0.1) is 36.7 Å². The van der Waals surface area contributed by atoms with Gasteiger partial charge in [-0.3, -0.25) is 5.10 Å². The van der Waals surface area contributed by atoms with Gasteiger partial charge in [0.1, 0.15) is 11.4 Å². The van der Waals surface area contributed by atoms with Crippen LogP contribution in [0.25, 0.3) is 32.8 Å². The van der Waals surface area contributed by atoms with Crippen LogP contribution in [0.4, 0.5) is 0 Å². The number of hydrogen-bond donors (Lipinski definition) is 2. The van der Waals surface area contributed by atoms with E-state index in [1.54, 1.807) is 7.11 Å². The number of hydrogen-bond acceptors (Lipinski definition) is 6. The summed E-state index contributed by atoms with van der Waals surface area (Å²) in [5.74, 6) is 0.533. The van der Waals surface area contributed by atoms with E-state index < -0.39 is 0 Å². The van der Waals surface area contributed by atoms with Crippen molar-refractivity contribution in [1.29, 1.82) is 0 Å². The van der Waals surface area contributed by atoms with Crippen molar-refractivity contribution in [3.63, 3.8) is 0 Å². The standard InChI is InChI=1S/C33H37BrN4O4/c1-3-41-33(39)32-25(15-8-19-42-29-16-6-11-22-10-4-5-12-23(22)29)24-13-7-14-26(31(24)38(32)18-9-17-35)30-27(20-34)36-37-28(30)21-40-2/h4-7,10-14,16H,3,8-9,15,17-21,35H2,1-2H3,(H,36,37). The zero-order valence-electron chi connectivity index (χ0n) is 24.1. The number of H-pyrrole nitrogens is 1. The number of aryl methyl sites for hydroxylation is 2. The molecule has 0 aliphatic rings. The van der Waals surface area contributed by atoms with E-state index >= 15 is 0 Å². The maximum Gasteiger partial charge on any atom is 0.355 e. The number of nitrogens with zero attached hydrogens (tertiary/aromatic N) is 2. The minimum absolute atomic E-state index is 0.293. The van der Waals surface area contributed by atoms with E-state index in [2.05, 4.69) is 61.0 Å². The van der Waals surface area contributed by atoms with Gasteiger partial charge in [0.2, 0.25) is 0 Å². The molecule has 220 valence electrons.